The first-order valence-electron chi connectivity index (χ1n) is 7.96. The van der Waals surface area contributed by atoms with E-state index in [2.05, 4.69) is 10.2 Å². The van der Waals surface area contributed by atoms with Gasteiger partial charge in [-0.05, 0) is 37.3 Å². The van der Waals surface area contributed by atoms with E-state index >= 15 is 0 Å². The fraction of sp³-hybridized carbons (Fsp3) is 0.471. The van der Waals surface area contributed by atoms with Crippen molar-refractivity contribution < 1.29 is 9.21 Å². The van der Waals surface area contributed by atoms with Gasteiger partial charge in [-0.25, -0.2) is 0 Å². The van der Waals surface area contributed by atoms with Gasteiger partial charge in [-0.15, -0.1) is 10.2 Å². The smallest absolute Gasteiger partial charge is 0.247 e. The van der Waals surface area contributed by atoms with E-state index in [1.54, 1.807) is 0 Å². The van der Waals surface area contributed by atoms with Crippen molar-refractivity contribution in [1.29, 1.82) is 0 Å². The molecule has 1 unspecified atom stereocenters. The van der Waals surface area contributed by atoms with Crippen molar-refractivity contribution >= 4 is 5.91 Å². The van der Waals surface area contributed by atoms with Crippen LogP contribution in [-0.2, 0) is 11.2 Å². The van der Waals surface area contributed by atoms with E-state index in [0.29, 0.717) is 29.5 Å². The van der Waals surface area contributed by atoms with E-state index in [1.165, 1.54) is 0 Å². The van der Waals surface area contributed by atoms with Gasteiger partial charge in [0.1, 0.15) is 0 Å². The second-order valence-corrected chi connectivity index (χ2v) is 6.28. The van der Waals surface area contributed by atoms with Gasteiger partial charge in [0.15, 0.2) is 0 Å². The molecule has 2 aliphatic rings. The minimum absolute atomic E-state index is 0.312. The fourth-order valence-electron chi connectivity index (χ4n) is 3.07. The number of amides is 1. The van der Waals surface area contributed by atoms with E-state index in [0.717, 1.165) is 44.3 Å². The minimum atomic E-state index is 0.312. The normalized spacial score (nSPS) is 21.3. The van der Waals surface area contributed by atoms with Crippen LogP contribution in [0.15, 0.2) is 34.7 Å². The van der Waals surface area contributed by atoms with Crippen LogP contribution in [0.1, 0.15) is 25.2 Å². The maximum atomic E-state index is 12.1. The summed E-state index contributed by atoms with van der Waals surface area (Å²) in [6.45, 7) is 1.71. The average Bonchev–Trinajstić information content (AvgIpc) is 3.13. The highest BCUT2D eigenvalue weighted by Gasteiger charge is 2.36. The van der Waals surface area contributed by atoms with Gasteiger partial charge in [-0.3, -0.25) is 4.79 Å². The summed E-state index contributed by atoms with van der Waals surface area (Å²) in [6.07, 6.45) is 3.93. The van der Waals surface area contributed by atoms with Gasteiger partial charge in [0.25, 0.3) is 0 Å². The number of carbonyl (C=O) groups excluding carboxylic acids is 1. The van der Waals surface area contributed by atoms with Crippen molar-refractivity contribution in [3.63, 3.8) is 0 Å². The molecular weight excluding hydrogens is 278 g/mol. The Hall–Kier alpha value is -2.17. The molecule has 1 amide bonds. The standard InChI is InChI=1S/C17H19N3O2/c21-17(14-6-7-14)20-9-8-12(11-20)10-15-18-19-16(22-15)13-4-2-1-3-5-13/h1-5,12,14H,6-11H2. The lowest BCUT2D eigenvalue weighted by molar-refractivity contribution is -0.131. The van der Waals surface area contributed by atoms with Crippen LogP contribution < -0.4 is 0 Å². The molecular formula is C17H19N3O2. The Balaban J connectivity index is 1.38. The first-order chi connectivity index (χ1) is 10.8. The van der Waals surface area contributed by atoms with Crippen molar-refractivity contribution in [1.82, 2.24) is 15.1 Å². The Bertz CT molecular complexity index is 664. The largest absolute Gasteiger partial charge is 0.421 e. The molecule has 5 heteroatoms. The van der Waals surface area contributed by atoms with Gasteiger partial charge >= 0.3 is 0 Å². The molecule has 0 spiro atoms. The molecule has 1 aliphatic carbocycles. The van der Waals surface area contributed by atoms with Crippen LogP contribution in [0, 0.1) is 11.8 Å². The van der Waals surface area contributed by atoms with Crippen molar-refractivity contribution in [2.24, 2.45) is 11.8 Å². The van der Waals surface area contributed by atoms with Gasteiger partial charge in [0, 0.05) is 31.0 Å². The van der Waals surface area contributed by atoms with E-state index < -0.39 is 0 Å². The highest BCUT2D eigenvalue weighted by Crippen LogP contribution is 2.33. The predicted octanol–water partition coefficient (Wildman–Crippen LogP) is 2.54. The third-order valence-corrected chi connectivity index (χ3v) is 4.47. The molecule has 1 saturated heterocycles. The van der Waals surface area contributed by atoms with Crippen molar-refractivity contribution in [3.05, 3.63) is 36.2 Å². The average molecular weight is 297 g/mol. The molecule has 2 aromatic rings. The maximum absolute atomic E-state index is 12.1. The second-order valence-electron chi connectivity index (χ2n) is 6.28. The summed E-state index contributed by atoms with van der Waals surface area (Å²) < 4.78 is 5.76. The first kappa shape index (κ1) is 13.5. The Morgan fingerprint density at radius 3 is 2.77 bits per heavy atom. The Kier molecular flexibility index (Phi) is 3.41. The van der Waals surface area contributed by atoms with Crippen LogP contribution in [0.5, 0.6) is 0 Å². The summed E-state index contributed by atoms with van der Waals surface area (Å²) in [5, 5.41) is 8.28. The highest BCUT2D eigenvalue weighted by atomic mass is 16.4. The third-order valence-electron chi connectivity index (χ3n) is 4.47. The van der Waals surface area contributed by atoms with Crippen molar-refractivity contribution in [3.8, 4) is 11.5 Å². The molecule has 2 fully saturated rings. The lowest BCUT2D eigenvalue weighted by Crippen LogP contribution is -2.30. The lowest BCUT2D eigenvalue weighted by atomic mass is 10.1. The number of hydrogen-bond donors (Lipinski definition) is 0. The summed E-state index contributed by atoms with van der Waals surface area (Å²) in [6, 6.07) is 9.80. The van der Waals surface area contributed by atoms with E-state index in [4.69, 9.17) is 4.42 Å². The second kappa shape index (κ2) is 5.55. The van der Waals surface area contributed by atoms with Crippen LogP contribution in [-0.4, -0.2) is 34.1 Å². The number of aromatic nitrogens is 2. The number of hydrogen-bond acceptors (Lipinski definition) is 4. The zero-order valence-electron chi connectivity index (χ0n) is 12.4. The van der Waals surface area contributed by atoms with Gasteiger partial charge in [-0.1, -0.05) is 18.2 Å². The molecule has 1 atom stereocenters. The molecule has 1 aromatic heterocycles. The van der Waals surface area contributed by atoms with Crippen LogP contribution in [0.4, 0.5) is 0 Å². The lowest BCUT2D eigenvalue weighted by Gasteiger charge is -2.15. The van der Waals surface area contributed by atoms with E-state index in [9.17, 15) is 4.79 Å². The fourth-order valence-corrected chi connectivity index (χ4v) is 3.07. The molecule has 0 radical (unpaired) electrons. The summed E-state index contributed by atoms with van der Waals surface area (Å²) >= 11 is 0. The van der Waals surface area contributed by atoms with Gasteiger partial charge in [0.05, 0.1) is 0 Å². The predicted molar refractivity (Wildman–Crippen MR) is 80.8 cm³/mol. The van der Waals surface area contributed by atoms with Crippen molar-refractivity contribution in [2.45, 2.75) is 25.7 Å². The molecule has 1 aliphatic heterocycles. The number of likely N-dealkylation sites (tertiary alicyclic amines) is 1. The Labute approximate surface area is 129 Å². The molecule has 22 heavy (non-hydrogen) atoms. The first-order valence-corrected chi connectivity index (χ1v) is 7.96. The topological polar surface area (TPSA) is 59.2 Å². The molecule has 4 rings (SSSR count). The van der Waals surface area contributed by atoms with Crippen LogP contribution in [0.25, 0.3) is 11.5 Å². The number of carbonyl (C=O) groups is 1. The van der Waals surface area contributed by atoms with Gasteiger partial charge in [0.2, 0.25) is 17.7 Å². The van der Waals surface area contributed by atoms with Crippen LogP contribution in [0.3, 0.4) is 0 Å². The number of nitrogens with zero attached hydrogens (tertiary/aromatic N) is 3. The minimum Gasteiger partial charge on any atom is -0.421 e. The molecule has 1 aromatic carbocycles. The number of rotatable bonds is 4. The monoisotopic (exact) mass is 297 g/mol. The molecule has 5 nitrogen and oxygen atoms in total. The zero-order valence-corrected chi connectivity index (χ0v) is 12.4. The zero-order chi connectivity index (χ0) is 14.9. The van der Waals surface area contributed by atoms with E-state index in [1.807, 2.05) is 35.2 Å². The maximum Gasteiger partial charge on any atom is 0.247 e. The number of benzene rings is 1. The van der Waals surface area contributed by atoms with E-state index in [-0.39, 0.29) is 0 Å². The molecule has 114 valence electrons. The summed E-state index contributed by atoms with van der Waals surface area (Å²) in [5.74, 6) is 2.33. The molecule has 2 heterocycles. The summed E-state index contributed by atoms with van der Waals surface area (Å²) in [4.78, 5) is 14.1. The highest BCUT2D eigenvalue weighted by molar-refractivity contribution is 5.81. The summed E-state index contributed by atoms with van der Waals surface area (Å²) in [5.41, 5.74) is 0.943. The SMILES string of the molecule is O=C(C1CC1)N1CCC(Cc2nnc(-c3ccccc3)o2)C1. The van der Waals surface area contributed by atoms with Crippen LogP contribution in [0.2, 0.25) is 0 Å². The van der Waals surface area contributed by atoms with Gasteiger partial charge < -0.3 is 9.32 Å². The Morgan fingerprint density at radius 1 is 1.18 bits per heavy atom. The molecule has 1 saturated carbocycles. The van der Waals surface area contributed by atoms with Crippen LogP contribution >= 0.6 is 0 Å². The summed E-state index contributed by atoms with van der Waals surface area (Å²) in [7, 11) is 0. The molecule has 0 bridgehead atoms. The third kappa shape index (κ3) is 2.75. The van der Waals surface area contributed by atoms with Gasteiger partial charge in [-0.2, -0.15) is 0 Å². The quantitative estimate of drug-likeness (QED) is 0.870. The van der Waals surface area contributed by atoms with Crippen molar-refractivity contribution in [2.75, 3.05) is 13.1 Å². The Morgan fingerprint density at radius 2 is 2.00 bits per heavy atom. The molecule has 0 N–H and O–H groups in total.